The first-order valence-corrected chi connectivity index (χ1v) is 11.3. The van der Waals surface area contributed by atoms with Crippen LogP contribution in [0.3, 0.4) is 0 Å². The summed E-state index contributed by atoms with van der Waals surface area (Å²) >= 11 is 1.16. The highest BCUT2D eigenvalue weighted by molar-refractivity contribution is 8.14. The van der Waals surface area contributed by atoms with Gasteiger partial charge in [0.2, 0.25) is 5.91 Å². The number of aliphatic imine (C=N–C) groups is 1. The van der Waals surface area contributed by atoms with Crippen LogP contribution in [0.2, 0.25) is 0 Å². The molecule has 1 N–H and O–H groups in total. The van der Waals surface area contributed by atoms with Gasteiger partial charge in [0.1, 0.15) is 6.54 Å². The van der Waals surface area contributed by atoms with Crippen molar-refractivity contribution >= 4 is 50.0 Å². The van der Waals surface area contributed by atoms with Gasteiger partial charge >= 0.3 is 0 Å². The number of hydrogen-bond acceptors (Lipinski definition) is 6. The van der Waals surface area contributed by atoms with Crippen LogP contribution in [0.4, 0.5) is 11.4 Å². The van der Waals surface area contributed by atoms with E-state index >= 15 is 0 Å². The number of benzene rings is 2. The topological polar surface area (TPSA) is 95.9 Å². The Hall–Kier alpha value is -2.65. The molecular formula is C19H19N3O4S2. The average Bonchev–Trinajstić information content (AvgIpc) is 3.01. The second kappa shape index (κ2) is 8.15. The van der Waals surface area contributed by atoms with Crippen LogP contribution in [0.5, 0.6) is 0 Å². The van der Waals surface area contributed by atoms with Gasteiger partial charge in [-0.15, -0.1) is 0 Å². The zero-order valence-corrected chi connectivity index (χ0v) is 17.0. The van der Waals surface area contributed by atoms with Crippen LogP contribution in [0, 0.1) is 6.92 Å². The first-order valence-electron chi connectivity index (χ1n) is 8.41. The molecule has 146 valence electrons. The summed E-state index contributed by atoms with van der Waals surface area (Å²) in [5.41, 5.74) is 2.19. The molecule has 0 aromatic heterocycles. The van der Waals surface area contributed by atoms with Gasteiger partial charge in [-0.2, -0.15) is 0 Å². The molecule has 0 spiro atoms. The predicted molar refractivity (Wildman–Crippen MR) is 112 cm³/mol. The Kier molecular flexibility index (Phi) is 5.85. The van der Waals surface area contributed by atoms with Crippen molar-refractivity contribution < 1.29 is 18.0 Å². The molecule has 0 radical (unpaired) electrons. The molecule has 3 rings (SSSR count). The molecule has 7 nitrogen and oxygen atoms in total. The Balaban J connectivity index is 1.64. The third kappa shape index (κ3) is 4.79. The largest absolute Gasteiger partial charge is 0.325 e. The number of hydrogen-bond donors (Lipinski definition) is 1. The van der Waals surface area contributed by atoms with Crippen LogP contribution >= 0.6 is 11.8 Å². The number of amidine groups is 1. The van der Waals surface area contributed by atoms with Gasteiger partial charge in [-0.3, -0.25) is 19.5 Å². The van der Waals surface area contributed by atoms with Crippen LogP contribution < -0.4 is 10.2 Å². The smallest absolute Gasteiger partial charge is 0.254 e. The lowest BCUT2D eigenvalue weighted by Gasteiger charge is -2.18. The van der Waals surface area contributed by atoms with Crippen LogP contribution in [-0.2, 0) is 19.4 Å². The molecule has 0 atom stereocenters. The van der Waals surface area contributed by atoms with Gasteiger partial charge in [0, 0.05) is 11.9 Å². The monoisotopic (exact) mass is 417 g/mol. The first-order chi connectivity index (χ1) is 13.2. The maximum Gasteiger partial charge on any atom is 0.254 e. The second-order valence-corrected chi connectivity index (χ2v) is 9.26. The van der Waals surface area contributed by atoms with E-state index in [4.69, 9.17) is 0 Å². The lowest BCUT2D eigenvalue weighted by Crippen LogP contribution is -2.31. The predicted octanol–water partition coefficient (Wildman–Crippen LogP) is 2.47. The van der Waals surface area contributed by atoms with E-state index in [9.17, 15) is 18.0 Å². The van der Waals surface area contributed by atoms with E-state index < -0.39 is 9.84 Å². The molecule has 0 fully saturated rings. The van der Waals surface area contributed by atoms with Gasteiger partial charge in [-0.25, -0.2) is 8.42 Å². The molecule has 2 aromatic carbocycles. The minimum absolute atomic E-state index is 0.0393. The molecule has 0 aliphatic carbocycles. The van der Waals surface area contributed by atoms with E-state index in [1.807, 2.05) is 31.2 Å². The molecule has 0 saturated carbocycles. The highest BCUT2D eigenvalue weighted by Crippen LogP contribution is 2.24. The summed E-state index contributed by atoms with van der Waals surface area (Å²) in [7, 11) is -3.35. The summed E-state index contributed by atoms with van der Waals surface area (Å²) < 4.78 is 23.2. The number of amides is 2. The quantitative estimate of drug-likeness (QED) is 0.806. The number of aryl methyl sites for hydroxylation is 1. The summed E-state index contributed by atoms with van der Waals surface area (Å²) in [4.78, 5) is 30.3. The fourth-order valence-electron chi connectivity index (χ4n) is 2.57. The Bertz CT molecular complexity index is 1050. The highest BCUT2D eigenvalue weighted by atomic mass is 32.2. The summed E-state index contributed by atoms with van der Waals surface area (Å²) in [6.45, 7) is 2.01. The number of thioether (sulfide) groups is 1. The molecule has 1 aliphatic heterocycles. The SMILES string of the molecule is Cc1ccc(N2C(=O)CN=C2SCC(=O)Nc2cccc(S(C)(=O)=O)c2)cc1. The van der Waals surface area contributed by atoms with Crippen molar-refractivity contribution in [1.82, 2.24) is 0 Å². The lowest BCUT2D eigenvalue weighted by molar-refractivity contribution is -0.116. The first kappa shape index (κ1) is 20.1. The van der Waals surface area contributed by atoms with Crippen LogP contribution in [-0.4, -0.2) is 44.0 Å². The Morgan fingerprint density at radius 2 is 1.93 bits per heavy atom. The molecule has 28 heavy (non-hydrogen) atoms. The standard InChI is InChI=1S/C19H19N3O4S2/c1-13-6-8-15(9-7-13)22-18(24)11-20-19(22)27-12-17(23)21-14-4-3-5-16(10-14)28(2,25)26/h3-10H,11-12H2,1-2H3,(H,21,23). The van der Waals surface area contributed by atoms with Crippen LogP contribution in [0.1, 0.15) is 5.56 Å². The van der Waals surface area contributed by atoms with Gasteiger partial charge in [0.05, 0.1) is 16.3 Å². The fraction of sp³-hybridized carbons (Fsp3) is 0.211. The molecule has 0 unspecified atom stereocenters. The maximum atomic E-state index is 12.3. The van der Waals surface area contributed by atoms with Gasteiger partial charge in [0.15, 0.2) is 15.0 Å². The van der Waals surface area contributed by atoms with Crippen molar-refractivity contribution in [2.24, 2.45) is 4.99 Å². The zero-order valence-electron chi connectivity index (χ0n) is 15.4. The molecular weight excluding hydrogens is 398 g/mol. The third-order valence-corrected chi connectivity index (χ3v) is 6.05. The van der Waals surface area contributed by atoms with Crippen molar-refractivity contribution in [3.63, 3.8) is 0 Å². The molecule has 1 heterocycles. The third-order valence-electron chi connectivity index (χ3n) is 3.96. The molecule has 0 bridgehead atoms. The van der Waals surface area contributed by atoms with Crippen molar-refractivity contribution in [2.45, 2.75) is 11.8 Å². The minimum Gasteiger partial charge on any atom is -0.325 e. The number of nitrogens with zero attached hydrogens (tertiary/aromatic N) is 2. The van der Waals surface area contributed by atoms with E-state index in [0.29, 0.717) is 16.5 Å². The Labute approximate surface area is 167 Å². The van der Waals surface area contributed by atoms with Gasteiger partial charge in [0.25, 0.3) is 5.91 Å². The van der Waals surface area contributed by atoms with Crippen molar-refractivity contribution in [2.75, 3.05) is 28.8 Å². The summed E-state index contributed by atoms with van der Waals surface area (Å²) in [5.74, 6) is -0.424. The summed E-state index contributed by atoms with van der Waals surface area (Å²) in [5, 5.41) is 3.14. The maximum absolute atomic E-state index is 12.3. The van der Waals surface area contributed by atoms with Crippen molar-refractivity contribution in [3.8, 4) is 0 Å². The highest BCUT2D eigenvalue weighted by Gasteiger charge is 2.27. The van der Waals surface area contributed by atoms with E-state index in [1.165, 1.54) is 17.0 Å². The van der Waals surface area contributed by atoms with Gasteiger partial charge in [-0.05, 0) is 37.3 Å². The summed E-state index contributed by atoms with van der Waals surface area (Å²) in [6.07, 6.45) is 1.11. The van der Waals surface area contributed by atoms with E-state index in [2.05, 4.69) is 10.3 Å². The molecule has 1 aliphatic rings. The Morgan fingerprint density at radius 3 is 2.61 bits per heavy atom. The zero-order chi connectivity index (χ0) is 20.3. The second-order valence-electron chi connectivity index (χ2n) is 6.30. The van der Waals surface area contributed by atoms with Crippen molar-refractivity contribution in [3.05, 3.63) is 54.1 Å². The normalized spacial score (nSPS) is 14.1. The summed E-state index contributed by atoms with van der Waals surface area (Å²) in [6, 6.07) is 13.6. The van der Waals surface area contributed by atoms with E-state index in [0.717, 1.165) is 23.6 Å². The number of rotatable bonds is 5. The van der Waals surface area contributed by atoms with Crippen LogP contribution in [0.15, 0.2) is 58.4 Å². The number of sulfone groups is 1. The number of nitrogens with one attached hydrogen (secondary N) is 1. The molecule has 2 amide bonds. The molecule has 9 heteroatoms. The van der Waals surface area contributed by atoms with Crippen molar-refractivity contribution in [1.29, 1.82) is 0 Å². The minimum atomic E-state index is -3.35. The number of carbonyl (C=O) groups is 2. The van der Waals surface area contributed by atoms with Gasteiger partial charge < -0.3 is 5.32 Å². The lowest BCUT2D eigenvalue weighted by atomic mass is 10.2. The Morgan fingerprint density at radius 1 is 1.21 bits per heavy atom. The molecule has 0 saturated heterocycles. The average molecular weight is 418 g/mol. The van der Waals surface area contributed by atoms with E-state index in [-0.39, 0.29) is 29.0 Å². The number of anilines is 2. The molecule has 2 aromatic rings. The van der Waals surface area contributed by atoms with E-state index in [1.54, 1.807) is 12.1 Å². The fourth-order valence-corrected chi connectivity index (χ4v) is 4.06. The number of carbonyl (C=O) groups excluding carboxylic acids is 2. The van der Waals surface area contributed by atoms with Crippen LogP contribution in [0.25, 0.3) is 0 Å². The van der Waals surface area contributed by atoms with Gasteiger partial charge in [-0.1, -0.05) is 35.5 Å².